The predicted molar refractivity (Wildman–Crippen MR) is 80.1 cm³/mol. The van der Waals surface area contributed by atoms with Gasteiger partial charge in [-0.25, -0.2) is 14.4 Å². The number of ether oxygens (including phenoxy) is 3. The Kier molecular flexibility index (Phi) is 8.22. The van der Waals surface area contributed by atoms with Crippen LogP contribution in [0.15, 0.2) is 12.2 Å². The molecular formula is C15H25NO6. The summed E-state index contributed by atoms with van der Waals surface area (Å²) in [6.45, 7) is 9.07. The minimum Gasteiger partial charge on any atom is -0.466 e. The molecule has 0 aromatic rings. The van der Waals surface area contributed by atoms with Gasteiger partial charge in [0.05, 0.1) is 7.11 Å². The molecule has 0 saturated heterocycles. The molecule has 0 saturated carbocycles. The van der Waals surface area contributed by atoms with Crippen LogP contribution in [0.2, 0.25) is 0 Å². The molecule has 1 amide bonds. The quantitative estimate of drug-likeness (QED) is 0.456. The van der Waals surface area contributed by atoms with Gasteiger partial charge in [0.2, 0.25) is 0 Å². The summed E-state index contributed by atoms with van der Waals surface area (Å²) in [7, 11) is 1.20. The summed E-state index contributed by atoms with van der Waals surface area (Å²) in [6, 6.07) is 0. The third-order valence-electron chi connectivity index (χ3n) is 2.43. The van der Waals surface area contributed by atoms with Crippen LogP contribution in [0.4, 0.5) is 4.79 Å². The molecule has 0 aromatic heterocycles. The molecule has 1 N–H and O–H groups in total. The van der Waals surface area contributed by atoms with E-state index >= 15 is 0 Å². The van der Waals surface area contributed by atoms with Crippen LogP contribution in [0.3, 0.4) is 0 Å². The summed E-state index contributed by atoms with van der Waals surface area (Å²) in [5.74, 6) is -1.41. The third-order valence-corrected chi connectivity index (χ3v) is 2.43. The largest absolute Gasteiger partial charge is 0.466 e. The molecule has 0 spiro atoms. The Balaban J connectivity index is 4.42. The number of esters is 2. The highest BCUT2D eigenvalue weighted by molar-refractivity contribution is 5.91. The Morgan fingerprint density at radius 3 is 2.09 bits per heavy atom. The first-order valence-electron chi connectivity index (χ1n) is 6.96. The number of alkyl carbamates (subject to hydrolysis) is 1. The van der Waals surface area contributed by atoms with Crippen LogP contribution < -0.4 is 5.32 Å². The van der Waals surface area contributed by atoms with Crippen LogP contribution >= 0.6 is 0 Å². The summed E-state index contributed by atoms with van der Waals surface area (Å²) < 4.78 is 14.5. The van der Waals surface area contributed by atoms with Gasteiger partial charge in [0.1, 0.15) is 12.7 Å². The second-order valence-corrected chi connectivity index (χ2v) is 6.05. The minimum absolute atomic E-state index is 0.0388. The van der Waals surface area contributed by atoms with Crippen LogP contribution in [-0.4, -0.2) is 43.4 Å². The number of amides is 1. The topological polar surface area (TPSA) is 90.9 Å². The molecule has 0 heterocycles. The van der Waals surface area contributed by atoms with Crippen molar-refractivity contribution in [2.24, 2.45) is 5.92 Å². The Bertz CT molecular complexity index is 422. The highest BCUT2D eigenvalue weighted by Crippen LogP contribution is 2.09. The van der Waals surface area contributed by atoms with Crippen molar-refractivity contribution < 1.29 is 28.6 Å². The van der Waals surface area contributed by atoms with Crippen LogP contribution in [0.25, 0.3) is 0 Å². The number of carbonyl (C=O) groups excluding carboxylic acids is 3. The molecule has 0 aliphatic carbocycles. The maximum Gasteiger partial charge on any atom is 0.407 e. The first-order valence-corrected chi connectivity index (χ1v) is 6.96. The second-order valence-electron chi connectivity index (χ2n) is 6.05. The first kappa shape index (κ1) is 19.9. The maximum absolute atomic E-state index is 11.7. The fourth-order valence-corrected chi connectivity index (χ4v) is 1.25. The van der Waals surface area contributed by atoms with Gasteiger partial charge in [0.15, 0.2) is 0 Å². The van der Waals surface area contributed by atoms with E-state index in [2.05, 4.69) is 10.1 Å². The fourth-order valence-electron chi connectivity index (χ4n) is 1.25. The number of carbonyl (C=O) groups is 3. The normalized spacial score (nSPS) is 12.9. The predicted octanol–water partition coefficient (Wildman–Crippen LogP) is 1.81. The zero-order valence-corrected chi connectivity index (χ0v) is 14.0. The lowest BCUT2D eigenvalue weighted by molar-refractivity contribution is -0.142. The van der Waals surface area contributed by atoms with Crippen molar-refractivity contribution in [3.05, 3.63) is 12.2 Å². The summed E-state index contributed by atoms with van der Waals surface area (Å²) in [5.41, 5.74) is -0.418. The molecule has 0 fully saturated rings. The molecule has 126 valence electrons. The van der Waals surface area contributed by atoms with Gasteiger partial charge in [0, 0.05) is 17.7 Å². The van der Waals surface area contributed by atoms with Crippen LogP contribution in [0, 0.1) is 5.92 Å². The van der Waals surface area contributed by atoms with Crippen LogP contribution in [0.5, 0.6) is 0 Å². The van der Waals surface area contributed by atoms with E-state index < -0.39 is 29.7 Å². The molecule has 0 aliphatic heterocycles. The average molecular weight is 315 g/mol. The van der Waals surface area contributed by atoms with Crippen LogP contribution in [0.1, 0.15) is 34.6 Å². The van der Waals surface area contributed by atoms with Gasteiger partial charge in [-0.1, -0.05) is 13.8 Å². The number of rotatable bonds is 6. The highest BCUT2D eigenvalue weighted by Gasteiger charge is 2.22. The van der Waals surface area contributed by atoms with E-state index in [1.807, 2.05) is 34.6 Å². The molecule has 0 unspecified atom stereocenters. The number of methoxy groups -OCH3 is 1. The van der Waals surface area contributed by atoms with Gasteiger partial charge in [-0.2, -0.15) is 0 Å². The average Bonchev–Trinajstić information content (AvgIpc) is 2.38. The van der Waals surface area contributed by atoms with E-state index in [9.17, 15) is 14.4 Å². The monoisotopic (exact) mass is 315 g/mol. The second kappa shape index (κ2) is 9.07. The minimum atomic E-state index is -0.712. The standard InChI is InChI=1S/C15H25NO6/c1-10(2)11(22-14(19)16-15(3,4)5)9-21-13(18)8-7-12(17)20-6/h7-8,10-11H,9H2,1-6H3,(H,16,19)/b8-7+/t11-/m0/s1. The Morgan fingerprint density at radius 2 is 1.64 bits per heavy atom. The van der Waals surface area contributed by atoms with Crippen molar-refractivity contribution in [1.82, 2.24) is 5.32 Å². The lowest BCUT2D eigenvalue weighted by Gasteiger charge is -2.25. The summed E-state index contributed by atoms with van der Waals surface area (Å²) in [5, 5.41) is 2.66. The molecule has 0 radical (unpaired) electrons. The summed E-state index contributed by atoms with van der Waals surface area (Å²) in [4.78, 5) is 34.0. The van der Waals surface area contributed by atoms with Gasteiger partial charge in [-0.05, 0) is 26.7 Å². The van der Waals surface area contributed by atoms with Crippen molar-refractivity contribution in [1.29, 1.82) is 0 Å². The molecular weight excluding hydrogens is 290 g/mol. The van der Waals surface area contributed by atoms with E-state index in [1.54, 1.807) is 0 Å². The Labute approximate surface area is 131 Å². The molecule has 7 nitrogen and oxygen atoms in total. The molecule has 0 bridgehead atoms. The number of nitrogens with one attached hydrogen (secondary N) is 1. The van der Waals surface area contributed by atoms with Gasteiger partial charge in [-0.3, -0.25) is 0 Å². The van der Waals surface area contributed by atoms with Gasteiger partial charge >= 0.3 is 18.0 Å². The van der Waals surface area contributed by atoms with Crippen molar-refractivity contribution in [3.63, 3.8) is 0 Å². The smallest absolute Gasteiger partial charge is 0.407 e. The lowest BCUT2D eigenvalue weighted by atomic mass is 10.1. The highest BCUT2D eigenvalue weighted by atomic mass is 16.6. The molecule has 0 aromatic carbocycles. The zero-order chi connectivity index (χ0) is 17.3. The third kappa shape index (κ3) is 9.79. The molecule has 22 heavy (non-hydrogen) atoms. The summed E-state index contributed by atoms with van der Waals surface area (Å²) in [6.07, 6.45) is 0.753. The van der Waals surface area contributed by atoms with Gasteiger partial charge < -0.3 is 19.5 Å². The molecule has 1 atom stereocenters. The number of hydrogen-bond donors (Lipinski definition) is 1. The van der Waals surface area contributed by atoms with Crippen molar-refractivity contribution in [2.75, 3.05) is 13.7 Å². The molecule has 7 heteroatoms. The zero-order valence-electron chi connectivity index (χ0n) is 14.0. The number of hydrogen-bond acceptors (Lipinski definition) is 6. The SMILES string of the molecule is COC(=O)/C=C/C(=O)OC[C@H](OC(=O)NC(C)(C)C)C(C)C. The first-order chi connectivity index (χ1) is 10.0. The van der Waals surface area contributed by atoms with Crippen molar-refractivity contribution >= 4 is 18.0 Å². The molecule has 0 rings (SSSR count). The van der Waals surface area contributed by atoms with E-state index in [0.29, 0.717) is 0 Å². The van der Waals surface area contributed by atoms with Crippen molar-refractivity contribution in [2.45, 2.75) is 46.3 Å². The van der Waals surface area contributed by atoms with E-state index in [1.165, 1.54) is 7.11 Å². The Morgan fingerprint density at radius 1 is 1.09 bits per heavy atom. The lowest BCUT2D eigenvalue weighted by Crippen LogP contribution is -2.43. The van der Waals surface area contributed by atoms with E-state index in [-0.39, 0.29) is 12.5 Å². The van der Waals surface area contributed by atoms with Crippen LogP contribution in [-0.2, 0) is 23.8 Å². The summed E-state index contributed by atoms with van der Waals surface area (Å²) >= 11 is 0. The van der Waals surface area contributed by atoms with Gasteiger partial charge in [0.25, 0.3) is 0 Å². The van der Waals surface area contributed by atoms with E-state index in [4.69, 9.17) is 9.47 Å². The van der Waals surface area contributed by atoms with Crippen molar-refractivity contribution in [3.8, 4) is 0 Å². The molecule has 0 aliphatic rings. The maximum atomic E-state index is 11.7. The van der Waals surface area contributed by atoms with E-state index in [0.717, 1.165) is 12.2 Å². The fraction of sp³-hybridized carbons (Fsp3) is 0.667. The Hall–Kier alpha value is -2.05. The van der Waals surface area contributed by atoms with Gasteiger partial charge in [-0.15, -0.1) is 0 Å².